The summed E-state index contributed by atoms with van der Waals surface area (Å²) in [6.45, 7) is 7.55. The lowest BCUT2D eigenvalue weighted by atomic mass is 9.73. The van der Waals surface area contributed by atoms with Gasteiger partial charge in [0.2, 0.25) is 0 Å². The number of aliphatic imine (C=N–C) groups is 1. The molecule has 0 N–H and O–H groups in total. The molecule has 0 saturated heterocycles. The van der Waals surface area contributed by atoms with Crippen molar-refractivity contribution in [1.29, 1.82) is 0 Å². The normalized spacial score (nSPS) is 25.2. The Bertz CT molecular complexity index is 717. The lowest BCUT2D eigenvalue weighted by Gasteiger charge is -2.37. The van der Waals surface area contributed by atoms with Gasteiger partial charge < -0.3 is 14.2 Å². The molecule has 150 valence electrons. The summed E-state index contributed by atoms with van der Waals surface area (Å²) in [6, 6.07) is 1.89. The molecule has 1 aliphatic heterocycles. The minimum atomic E-state index is -1.09. The highest BCUT2D eigenvalue weighted by atomic mass is 35.5. The smallest absolute Gasteiger partial charge is 0.333 e. The number of hydrogen-bond acceptors (Lipinski definition) is 7. The van der Waals surface area contributed by atoms with Gasteiger partial charge in [0.05, 0.1) is 17.0 Å². The van der Waals surface area contributed by atoms with Crippen molar-refractivity contribution in [3.8, 4) is 0 Å². The summed E-state index contributed by atoms with van der Waals surface area (Å²) in [5, 5.41) is 1.87. The van der Waals surface area contributed by atoms with E-state index in [9.17, 15) is 9.59 Å². The van der Waals surface area contributed by atoms with E-state index in [0.29, 0.717) is 23.1 Å². The van der Waals surface area contributed by atoms with Gasteiger partial charge >= 0.3 is 11.9 Å². The number of nitrogens with zero attached hydrogens (tertiary/aromatic N) is 1. The Kier molecular flexibility index (Phi) is 7.42. The minimum Gasteiger partial charge on any atom is -0.462 e. The first kappa shape index (κ1) is 21.9. The van der Waals surface area contributed by atoms with E-state index in [4.69, 9.17) is 25.8 Å². The number of rotatable bonds is 7. The maximum atomic E-state index is 12.8. The SMILES string of the molecule is COCCOC(=O)C1(C)CC(c2ccsc2Cl)C(C(=O)OC(C)C)C(C)=N1. The first-order valence-corrected chi connectivity index (χ1v) is 10.1. The van der Waals surface area contributed by atoms with Crippen LogP contribution in [0.15, 0.2) is 16.4 Å². The molecule has 1 aromatic rings. The lowest BCUT2D eigenvalue weighted by molar-refractivity contribution is -0.155. The van der Waals surface area contributed by atoms with Crippen molar-refractivity contribution in [3.63, 3.8) is 0 Å². The molecular weight excluding hydrogens is 390 g/mol. The number of halogens is 1. The van der Waals surface area contributed by atoms with Crippen LogP contribution in [-0.2, 0) is 23.8 Å². The molecule has 3 unspecified atom stereocenters. The molecule has 27 heavy (non-hydrogen) atoms. The van der Waals surface area contributed by atoms with Crippen LogP contribution in [0.5, 0.6) is 0 Å². The van der Waals surface area contributed by atoms with E-state index in [1.54, 1.807) is 27.7 Å². The van der Waals surface area contributed by atoms with Crippen molar-refractivity contribution in [2.24, 2.45) is 10.9 Å². The van der Waals surface area contributed by atoms with Crippen LogP contribution < -0.4 is 0 Å². The van der Waals surface area contributed by atoms with E-state index < -0.39 is 17.4 Å². The minimum absolute atomic E-state index is 0.155. The van der Waals surface area contributed by atoms with E-state index in [1.165, 1.54) is 18.4 Å². The largest absolute Gasteiger partial charge is 0.462 e. The standard InChI is InChI=1S/C19H26ClNO5S/c1-11(2)26-17(22)15-12(3)21-19(4,18(23)25-8-7-24-5)10-14(15)13-6-9-27-16(13)20/h6,9,11,14-15H,7-8,10H2,1-5H3. The molecule has 0 radical (unpaired) electrons. The van der Waals surface area contributed by atoms with Gasteiger partial charge in [-0.05, 0) is 51.1 Å². The fourth-order valence-electron chi connectivity index (χ4n) is 3.34. The van der Waals surface area contributed by atoms with Gasteiger partial charge in [-0.3, -0.25) is 9.79 Å². The zero-order valence-electron chi connectivity index (χ0n) is 16.3. The molecule has 2 rings (SSSR count). The molecular formula is C19H26ClNO5S. The summed E-state index contributed by atoms with van der Waals surface area (Å²) < 4.78 is 16.3. The molecule has 8 heteroatoms. The second kappa shape index (κ2) is 9.17. The van der Waals surface area contributed by atoms with Crippen LogP contribution in [0.1, 0.15) is 45.6 Å². The summed E-state index contributed by atoms with van der Waals surface area (Å²) >= 11 is 7.76. The van der Waals surface area contributed by atoms with Crippen molar-refractivity contribution >= 4 is 40.6 Å². The Labute approximate surface area is 168 Å². The van der Waals surface area contributed by atoms with Crippen LogP contribution in [0.2, 0.25) is 4.34 Å². The molecule has 3 atom stereocenters. The first-order chi connectivity index (χ1) is 12.7. The topological polar surface area (TPSA) is 74.2 Å². The quantitative estimate of drug-likeness (QED) is 0.499. The third kappa shape index (κ3) is 5.09. The molecule has 6 nitrogen and oxygen atoms in total. The third-order valence-corrected chi connectivity index (χ3v) is 5.70. The van der Waals surface area contributed by atoms with E-state index in [-0.39, 0.29) is 24.6 Å². The fourth-order valence-corrected chi connectivity index (χ4v) is 4.39. The average molecular weight is 416 g/mol. The Morgan fingerprint density at radius 2 is 2.11 bits per heavy atom. The van der Waals surface area contributed by atoms with Crippen molar-refractivity contribution in [3.05, 3.63) is 21.3 Å². The molecule has 1 aliphatic rings. The molecule has 1 aromatic heterocycles. The molecule has 0 spiro atoms. The van der Waals surface area contributed by atoms with Crippen LogP contribution in [-0.4, -0.2) is 49.6 Å². The molecule has 0 amide bonds. The molecule has 0 fully saturated rings. The summed E-state index contributed by atoms with van der Waals surface area (Å²) in [5.41, 5.74) is 0.283. The van der Waals surface area contributed by atoms with Crippen molar-refractivity contribution < 1.29 is 23.8 Å². The van der Waals surface area contributed by atoms with Gasteiger partial charge in [-0.15, -0.1) is 11.3 Å². The van der Waals surface area contributed by atoms with Crippen LogP contribution in [0, 0.1) is 5.92 Å². The maximum Gasteiger partial charge on any atom is 0.333 e. The van der Waals surface area contributed by atoms with Gasteiger partial charge in [0.1, 0.15) is 12.5 Å². The lowest BCUT2D eigenvalue weighted by Crippen LogP contribution is -2.46. The predicted octanol–water partition coefficient (Wildman–Crippen LogP) is 3.87. The van der Waals surface area contributed by atoms with Crippen LogP contribution >= 0.6 is 22.9 Å². The van der Waals surface area contributed by atoms with Gasteiger partial charge in [0.15, 0.2) is 5.54 Å². The Morgan fingerprint density at radius 1 is 1.41 bits per heavy atom. The van der Waals surface area contributed by atoms with E-state index in [0.717, 1.165) is 5.56 Å². The predicted molar refractivity (Wildman–Crippen MR) is 106 cm³/mol. The maximum absolute atomic E-state index is 12.8. The van der Waals surface area contributed by atoms with Crippen molar-refractivity contribution in [1.82, 2.24) is 0 Å². The highest BCUT2D eigenvalue weighted by molar-refractivity contribution is 7.14. The average Bonchev–Trinajstić information content (AvgIpc) is 2.99. The van der Waals surface area contributed by atoms with Gasteiger partial charge in [-0.25, -0.2) is 4.79 Å². The number of ether oxygens (including phenoxy) is 3. The van der Waals surface area contributed by atoms with Gasteiger partial charge in [0, 0.05) is 18.7 Å². The fraction of sp³-hybridized carbons (Fsp3) is 0.632. The van der Waals surface area contributed by atoms with E-state index in [2.05, 4.69) is 4.99 Å². The highest BCUT2D eigenvalue weighted by Gasteiger charge is 2.48. The second-order valence-corrected chi connectivity index (χ2v) is 8.60. The number of esters is 2. The Hall–Kier alpha value is -1.44. The van der Waals surface area contributed by atoms with Crippen molar-refractivity contribution in [2.75, 3.05) is 20.3 Å². The number of carbonyl (C=O) groups excluding carboxylic acids is 2. The third-order valence-electron chi connectivity index (χ3n) is 4.50. The van der Waals surface area contributed by atoms with E-state index in [1.807, 2.05) is 11.4 Å². The number of hydrogen-bond donors (Lipinski definition) is 0. The van der Waals surface area contributed by atoms with Crippen LogP contribution in [0.4, 0.5) is 0 Å². The van der Waals surface area contributed by atoms with Gasteiger partial charge in [-0.2, -0.15) is 0 Å². The highest BCUT2D eigenvalue weighted by Crippen LogP contribution is 2.44. The number of thiophene rings is 1. The summed E-state index contributed by atoms with van der Waals surface area (Å²) in [4.78, 5) is 30.0. The molecule has 0 aliphatic carbocycles. The monoisotopic (exact) mass is 415 g/mol. The first-order valence-electron chi connectivity index (χ1n) is 8.85. The molecule has 0 saturated carbocycles. The van der Waals surface area contributed by atoms with Crippen LogP contribution in [0.3, 0.4) is 0 Å². The summed E-state index contributed by atoms with van der Waals surface area (Å²) in [5.74, 6) is -1.69. The molecule has 2 heterocycles. The Balaban J connectivity index is 2.38. The zero-order valence-corrected chi connectivity index (χ0v) is 17.9. The second-order valence-electron chi connectivity index (χ2n) is 7.08. The zero-order chi connectivity index (χ0) is 20.2. The summed E-state index contributed by atoms with van der Waals surface area (Å²) in [6.07, 6.45) is 0.0704. The van der Waals surface area contributed by atoms with Gasteiger partial charge in [0.25, 0.3) is 0 Å². The number of carbonyl (C=O) groups is 2. The molecule has 0 bridgehead atoms. The van der Waals surface area contributed by atoms with Crippen molar-refractivity contribution in [2.45, 2.75) is 51.7 Å². The number of methoxy groups -OCH3 is 1. The van der Waals surface area contributed by atoms with E-state index >= 15 is 0 Å². The van der Waals surface area contributed by atoms with Gasteiger partial charge in [-0.1, -0.05) is 11.6 Å². The van der Waals surface area contributed by atoms with Crippen LogP contribution in [0.25, 0.3) is 0 Å². The Morgan fingerprint density at radius 3 is 2.67 bits per heavy atom. The summed E-state index contributed by atoms with van der Waals surface area (Å²) in [7, 11) is 1.54. The molecule has 0 aromatic carbocycles.